The molecule has 0 aromatic heterocycles. The van der Waals surface area contributed by atoms with E-state index in [1.54, 1.807) is 54.6 Å². The molecule has 0 saturated carbocycles. The van der Waals surface area contributed by atoms with Gasteiger partial charge in [-0.15, -0.1) is 0 Å². The number of anilines is 1. The van der Waals surface area contributed by atoms with Gasteiger partial charge in [-0.1, -0.05) is 39.7 Å². The zero-order valence-electron chi connectivity index (χ0n) is 15.8. The summed E-state index contributed by atoms with van der Waals surface area (Å²) in [5.41, 5.74) is 3.17. The van der Waals surface area contributed by atoms with Crippen LogP contribution in [0, 0.1) is 5.82 Å². The van der Waals surface area contributed by atoms with Crippen molar-refractivity contribution in [2.45, 2.75) is 6.61 Å². The second-order valence-corrected chi connectivity index (χ2v) is 7.99. The van der Waals surface area contributed by atoms with Crippen molar-refractivity contribution in [1.82, 2.24) is 0 Å². The van der Waals surface area contributed by atoms with E-state index in [4.69, 9.17) is 21.1 Å². The molecule has 0 atom stereocenters. The van der Waals surface area contributed by atoms with E-state index >= 15 is 0 Å². The highest BCUT2D eigenvalue weighted by Crippen LogP contribution is 2.36. The minimum absolute atomic E-state index is 0.0597. The van der Waals surface area contributed by atoms with Crippen molar-refractivity contribution >= 4 is 50.8 Å². The predicted octanol–water partition coefficient (Wildman–Crippen LogP) is 6.32. The third kappa shape index (κ3) is 4.20. The molecule has 0 unspecified atom stereocenters. The monoisotopic (exact) mass is 487 g/mol. The Hall–Kier alpha value is -2.83. The van der Waals surface area contributed by atoms with Crippen LogP contribution >= 0.6 is 27.5 Å². The van der Waals surface area contributed by atoms with Gasteiger partial charge >= 0.3 is 0 Å². The maximum atomic E-state index is 14.0. The highest BCUT2D eigenvalue weighted by Gasteiger charge is 2.24. The number of hydrogen-bond donors (Lipinski definition) is 1. The Bertz CT molecular complexity index is 1180. The second kappa shape index (κ2) is 8.50. The van der Waals surface area contributed by atoms with E-state index in [1.165, 1.54) is 13.2 Å². The van der Waals surface area contributed by atoms with Crippen LogP contribution in [0.2, 0.25) is 5.02 Å². The van der Waals surface area contributed by atoms with E-state index in [1.807, 2.05) is 0 Å². The molecule has 1 aliphatic rings. The van der Waals surface area contributed by atoms with Gasteiger partial charge in [-0.2, -0.15) is 0 Å². The Morgan fingerprint density at radius 3 is 2.70 bits per heavy atom. The molecule has 1 heterocycles. The number of carbonyl (C=O) groups excluding carboxylic acids is 1. The average Bonchev–Trinajstić information content (AvgIpc) is 3.02. The molecule has 0 spiro atoms. The van der Waals surface area contributed by atoms with Crippen molar-refractivity contribution in [3.63, 3.8) is 0 Å². The van der Waals surface area contributed by atoms with E-state index in [-0.39, 0.29) is 18.3 Å². The van der Waals surface area contributed by atoms with Crippen LogP contribution in [0.5, 0.6) is 11.5 Å². The summed E-state index contributed by atoms with van der Waals surface area (Å²) < 4.78 is 25.9. The number of nitrogens with one attached hydrogen (secondary N) is 1. The number of amides is 1. The number of ether oxygens (including phenoxy) is 2. The van der Waals surface area contributed by atoms with Crippen molar-refractivity contribution in [3.8, 4) is 11.5 Å². The van der Waals surface area contributed by atoms with E-state index in [0.29, 0.717) is 32.1 Å². The van der Waals surface area contributed by atoms with Crippen molar-refractivity contribution < 1.29 is 18.7 Å². The van der Waals surface area contributed by atoms with Crippen molar-refractivity contribution in [3.05, 3.63) is 86.6 Å². The molecule has 1 N–H and O–H groups in total. The lowest BCUT2D eigenvalue weighted by Gasteiger charge is -2.12. The summed E-state index contributed by atoms with van der Waals surface area (Å²) >= 11 is 9.32. The van der Waals surface area contributed by atoms with Crippen LogP contribution in [0.15, 0.2) is 59.1 Å². The maximum Gasteiger partial charge on any atom is 0.256 e. The first-order valence-electron chi connectivity index (χ1n) is 9.02. The molecule has 0 saturated heterocycles. The van der Waals surface area contributed by atoms with Gasteiger partial charge < -0.3 is 14.8 Å². The Morgan fingerprint density at radius 2 is 1.93 bits per heavy atom. The van der Waals surface area contributed by atoms with Crippen LogP contribution in [0.3, 0.4) is 0 Å². The molecular formula is C23H16BrClFNO3. The molecule has 4 nitrogen and oxygen atoms in total. The summed E-state index contributed by atoms with van der Waals surface area (Å²) in [6.45, 7) is 0.0597. The fraction of sp³-hybridized carbons (Fsp3) is 0.0870. The molecule has 0 radical (unpaired) electrons. The normalized spacial score (nSPS) is 13.9. The van der Waals surface area contributed by atoms with Crippen LogP contribution in [-0.2, 0) is 11.4 Å². The fourth-order valence-corrected chi connectivity index (χ4v) is 3.66. The smallest absolute Gasteiger partial charge is 0.256 e. The lowest BCUT2D eigenvalue weighted by Crippen LogP contribution is -2.03. The number of rotatable bonds is 5. The molecule has 0 aliphatic carbocycles. The lowest BCUT2D eigenvalue weighted by molar-refractivity contribution is -0.110. The van der Waals surface area contributed by atoms with Gasteiger partial charge in [0.15, 0.2) is 11.5 Å². The van der Waals surface area contributed by atoms with Crippen molar-refractivity contribution in [1.29, 1.82) is 0 Å². The molecular weight excluding hydrogens is 473 g/mol. The van der Waals surface area contributed by atoms with Crippen molar-refractivity contribution in [2.75, 3.05) is 12.4 Å². The minimum Gasteiger partial charge on any atom is -0.493 e. The van der Waals surface area contributed by atoms with Gasteiger partial charge in [0.05, 0.1) is 7.11 Å². The van der Waals surface area contributed by atoms with Crippen LogP contribution in [0.1, 0.15) is 16.7 Å². The topological polar surface area (TPSA) is 47.6 Å². The first-order valence-corrected chi connectivity index (χ1v) is 10.2. The standard InChI is InChI=1S/C23H16BrClFNO3/c1-29-22-9-13(8-18-17-11-16(25)5-6-20(17)27-23(18)28)2-7-21(22)30-12-14-3-4-15(24)10-19(14)26/h2-11H,12H2,1H3,(H,27,28)/b18-8-. The summed E-state index contributed by atoms with van der Waals surface area (Å²) in [7, 11) is 1.52. The van der Waals surface area contributed by atoms with Crippen LogP contribution in [-0.4, -0.2) is 13.0 Å². The number of benzene rings is 3. The molecule has 0 bridgehead atoms. The zero-order chi connectivity index (χ0) is 21.3. The Morgan fingerprint density at radius 1 is 1.10 bits per heavy atom. The number of carbonyl (C=O) groups is 1. The summed E-state index contributed by atoms with van der Waals surface area (Å²) in [5, 5.41) is 3.38. The van der Waals surface area contributed by atoms with E-state index in [0.717, 1.165) is 16.8 Å². The summed E-state index contributed by atoms with van der Waals surface area (Å²) in [4.78, 5) is 12.4. The summed E-state index contributed by atoms with van der Waals surface area (Å²) in [6, 6.07) is 15.4. The molecule has 1 aliphatic heterocycles. The quantitative estimate of drug-likeness (QED) is 0.427. The zero-order valence-corrected chi connectivity index (χ0v) is 18.2. The first kappa shape index (κ1) is 20.4. The van der Waals surface area contributed by atoms with Crippen LogP contribution in [0.4, 0.5) is 10.1 Å². The fourth-order valence-electron chi connectivity index (χ4n) is 3.16. The molecule has 3 aromatic carbocycles. The molecule has 3 aromatic rings. The third-order valence-electron chi connectivity index (χ3n) is 4.66. The van der Waals surface area contributed by atoms with Crippen molar-refractivity contribution in [2.24, 2.45) is 0 Å². The van der Waals surface area contributed by atoms with Gasteiger partial charge in [0.2, 0.25) is 0 Å². The number of fused-ring (bicyclic) bond motifs is 1. The maximum absolute atomic E-state index is 14.0. The second-order valence-electron chi connectivity index (χ2n) is 6.64. The molecule has 1 amide bonds. The van der Waals surface area contributed by atoms with Crippen LogP contribution in [0.25, 0.3) is 11.6 Å². The first-order chi connectivity index (χ1) is 14.4. The Balaban J connectivity index is 1.59. The highest BCUT2D eigenvalue weighted by atomic mass is 79.9. The van der Waals surface area contributed by atoms with E-state index in [9.17, 15) is 9.18 Å². The Kier molecular flexibility index (Phi) is 5.79. The lowest BCUT2D eigenvalue weighted by atomic mass is 10.0. The highest BCUT2D eigenvalue weighted by molar-refractivity contribution is 9.10. The largest absolute Gasteiger partial charge is 0.493 e. The van der Waals surface area contributed by atoms with E-state index < -0.39 is 0 Å². The molecule has 7 heteroatoms. The average molecular weight is 489 g/mol. The summed E-state index contributed by atoms with van der Waals surface area (Å²) in [6.07, 6.45) is 1.76. The van der Waals surface area contributed by atoms with Gasteiger partial charge in [0.1, 0.15) is 12.4 Å². The summed E-state index contributed by atoms with van der Waals surface area (Å²) in [5.74, 6) is 0.402. The van der Waals surface area contributed by atoms with Crippen LogP contribution < -0.4 is 14.8 Å². The van der Waals surface area contributed by atoms with Gasteiger partial charge in [-0.05, 0) is 54.1 Å². The molecule has 4 rings (SSSR count). The SMILES string of the molecule is COc1cc(/C=C2\C(=O)Nc3ccc(Cl)cc32)ccc1OCc1ccc(Br)cc1F. The van der Waals surface area contributed by atoms with Gasteiger partial charge in [0.25, 0.3) is 5.91 Å². The molecule has 152 valence electrons. The van der Waals surface area contributed by atoms with Gasteiger partial charge in [0, 0.05) is 31.9 Å². The number of halogens is 3. The molecule has 0 fully saturated rings. The van der Waals surface area contributed by atoms with E-state index in [2.05, 4.69) is 21.2 Å². The Labute approximate surface area is 186 Å². The minimum atomic E-state index is -0.353. The van der Waals surface area contributed by atoms with Gasteiger partial charge in [-0.25, -0.2) is 4.39 Å². The number of hydrogen-bond acceptors (Lipinski definition) is 3. The number of methoxy groups -OCH3 is 1. The predicted molar refractivity (Wildman–Crippen MR) is 119 cm³/mol. The van der Waals surface area contributed by atoms with Gasteiger partial charge in [-0.3, -0.25) is 4.79 Å². The molecule has 30 heavy (non-hydrogen) atoms. The third-order valence-corrected chi connectivity index (χ3v) is 5.39.